The summed E-state index contributed by atoms with van der Waals surface area (Å²) in [5, 5.41) is 13.6. The molecular weight excluding hydrogens is 312 g/mol. The number of rotatable bonds is 7. The first-order valence-corrected chi connectivity index (χ1v) is 8.89. The molecule has 1 aliphatic rings. The van der Waals surface area contributed by atoms with Crippen LogP contribution in [0.4, 0.5) is 0 Å². The molecule has 1 atom stereocenters. The van der Waals surface area contributed by atoms with Crippen molar-refractivity contribution in [3.63, 3.8) is 0 Å². The van der Waals surface area contributed by atoms with E-state index in [0.717, 1.165) is 38.0 Å². The van der Waals surface area contributed by atoms with E-state index < -0.39 is 6.10 Å². The van der Waals surface area contributed by atoms with Gasteiger partial charge in [0.2, 0.25) is 5.91 Å². The Kier molecular flexibility index (Phi) is 7.34. The number of carbonyl (C=O) groups is 1. The standard InChI is InChI=1S/C18H27ClN2O2/c1-2-9-21-10-7-14(8-11-21)12-18(23)20-13-17(22)15-3-5-16(19)6-4-15/h3-6,14,17,22H,2,7-13H2,1H3,(H,20,23). The van der Waals surface area contributed by atoms with Crippen molar-refractivity contribution in [2.45, 2.75) is 38.7 Å². The van der Waals surface area contributed by atoms with E-state index in [1.54, 1.807) is 24.3 Å². The van der Waals surface area contributed by atoms with Gasteiger partial charge >= 0.3 is 0 Å². The van der Waals surface area contributed by atoms with E-state index in [2.05, 4.69) is 17.1 Å². The maximum atomic E-state index is 12.1. The molecule has 1 aromatic carbocycles. The van der Waals surface area contributed by atoms with Crippen LogP contribution in [0.3, 0.4) is 0 Å². The predicted octanol–water partition coefficient (Wildman–Crippen LogP) is 3.00. The molecular formula is C18H27ClN2O2. The molecule has 1 fully saturated rings. The summed E-state index contributed by atoms with van der Waals surface area (Å²) in [6.07, 6.45) is 3.24. The second-order valence-corrected chi connectivity index (χ2v) is 6.80. The lowest BCUT2D eigenvalue weighted by Crippen LogP contribution is -2.36. The van der Waals surface area contributed by atoms with E-state index in [4.69, 9.17) is 11.6 Å². The molecule has 4 nitrogen and oxygen atoms in total. The van der Waals surface area contributed by atoms with E-state index in [-0.39, 0.29) is 12.5 Å². The van der Waals surface area contributed by atoms with Crippen LogP contribution in [0.5, 0.6) is 0 Å². The summed E-state index contributed by atoms with van der Waals surface area (Å²) in [5.41, 5.74) is 0.766. The van der Waals surface area contributed by atoms with Crippen LogP contribution in [-0.4, -0.2) is 42.1 Å². The molecule has 5 heteroatoms. The molecule has 1 unspecified atom stereocenters. The fourth-order valence-electron chi connectivity index (χ4n) is 3.08. The normalized spacial score (nSPS) is 17.9. The van der Waals surface area contributed by atoms with Gasteiger partial charge in [-0.2, -0.15) is 0 Å². The Labute approximate surface area is 143 Å². The van der Waals surface area contributed by atoms with Gasteiger partial charge in [-0.1, -0.05) is 30.7 Å². The lowest BCUT2D eigenvalue weighted by atomic mass is 9.93. The number of hydrogen-bond acceptors (Lipinski definition) is 3. The highest BCUT2D eigenvalue weighted by Crippen LogP contribution is 2.21. The third-order valence-electron chi connectivity index (χ3n) is 4.47. The van der Waals surface area contributed by atoms with Gasteiger partial charge < -0.3 is 15.3 Å². The summed E-state index contributed by atoms with van der Waals surface area (Å²) in [6, 6.07) is 7.04. The van der Waals surface area contributed by atoms with E-state index in [1.807, 2.05) is 0 Å². The molecule has 0 saturated carbocycles. The van der Waals surface area contributed by atoms with Crippen LogP contribution in [0.15, 0.2) is 24.3 Å². The molecule has 0 aromatic heterocycles. The first-order valence-electron chi connectivity index (χ1n) is 8.51. The number of likely N-dealkylation sites (tertiary alicyclic amines) is 1. The number of nitrogens with zero attached hydrogens (tertiary/aromatic N) is 1. The Balaban J connectivity index is 1.68. The molecule has 0 aliphatic carbocycles. The van der Waals surface area contributed by atoms with Gasteiger partial charge in [-0.15, -0.1) is 0 Å². The van der Waals surface area contributed by atoms with Crippen LogP contribution in [0.1, 0.15) is 44.3 Å². The highest BCUT2D eigenvalue weighted by Gasteiger charge is 2.21. The van der Waals surface area contributed by atoms with Crippen molar-refractivity contribution in [3.05, 3.63) is 34.9 Å². The third-order valence-corrected chi connectivity index (χ3v) is 4.72. The van der Waals surface area contributed by atoms with Gasteiger partial charge in [-0.3, -0.25) is 4.79 Å². The smallest absolute Gasteiger partial charge is 0.220 e. The lowest BCUT2D eigenvalue weighted by molar-refractivity contribution is -0.122. The Morgan fingerprint density at radius 3 is 2.61 bits per heavy atom. The average Bonchev–Trinajstić information content (AvgIpc) is 2.55. The van der Waals surface area contributed by atoms with Crippen molar-refractivity contribution in [1.82, 2.24) is 10.2 Å². The monoisotopic (exact) mass is 338 g/mol. The number of amides is 1. The van der Waals surface area contributed by atoms with Crippen LogP contribution in [0.2, 0.25) is 5.02 Å². The summed E-state index contributed by atoms with van der Waals surface area (Å²) in [6.45, 7) is 5.80. The Hall–Kier alpha value is -1.10. The van der Waals surface area contributed by atoms with E-state index in [9.17, 15) is 9.90 Å². The summed E-state index contributed by atoms with van der Waals surface area (Å²) in [7, 11) is 0. The van der Waals surface area contributed by atoms with Gasteiger partial charge in [0.05, 0.1) is 6.10 Å². The van der Waals surface area contributed by atoms with Crippen molar-refractivity contribution >= 4 is 17.5 Å². The zero-order valence-corrected chi connectivity index (χ0v) is 14.6. The van der Waals surface area contributed by atoms with Gasteiger partial charge in [0.1, 0.15) is 0 Å². The van der Waals surface area contributed by atoms with Crippen molar-refractivity contribution < 1.29 is 9.90 Å². The maximum Gasteiger partial charge on any atom is 0.220 e. The summed E-state index contributed by atoms with van der Waals surface area (Å²) in [5.74, 6) is 0.503. The SMILES string of the molecule is CCCN1CCC(CC(=O)NCC(O)c2ccc(Cl)cc2)CC1. The molecule has 0 spiro atoms. The lowest BCUT2D eigenvalue weighted by Gasteiger charge is -2.31. The number of piperidine rings is 1. The fourth-order valence-corrected chi connectivity index (χ4v) is 3.20. The number of aliphatic hydroxyl groups excluding tert-OH is 1. The maximum absolute atomic E-state index is 12.1. The quantitative estimate of drug-likeness (QED) is 0.803. The molecule has 2 rings (SSSR count). The Bertz CT molecular complexity index is 484. The zero-order valence-electron chi connectivity index (χ0n) is 13.8. The number of benzene rings is 1. The molecule has 0 radical (unpaired) electrons. The number of aliphatic hydroxyl groups is 1. The molecule has 1 saturated heterocycles. The zero-order chi connectivity index (χ0) is 16.7. The van der Waals surface area contributed by atoms with Gasteiger partial charge in [0.15, 0.2) is 0 Å². The number of nitrogens with one attached hydrogen (secondary N) is 1. The largest absolute Gasteiger partial charge is 0.387 e. The fraction of sp³-hybridized carbons (Fsp3) is 0.611. The van der Waals surface area contributed by atoms with Crippen molar-refractivity contribution in [3.8, 4) is 0 Å². The first-order chi connectivity index (χ1) is 11.1. The van der Waals surface area contributed by atoms with Crippen LogP contribution < -0.4 is 5.32 Å². The van der Waals surface area contributed by atoms with Crippen LogP contribution in [-0.2, 0) is 4.79 Å². The average molecular weight is 339 g/mol. The van der Waals surface area contributed by atoms with Gasteiger partial charge in [0.25, 0.3) is 0 Å². The Morgan fingerprint density at radius 2 is 2.00 bits per heavy atom. The number of carbonyl (C=O) groups excluding carboxylic acids is 1. The topological polar surface area (TPSA) is 52.6 Å². The molecule has 0 bridgehead atoms. The van der Waals surface area contributed by atoms with Crippen LogP contribution >= 0.6 is 11.6 Å². The minimum Gasteiger partial charge on any atom is -0.387 e. The first kappa shape index (κ1) is 18.2. The molecule has 1 heterocycles. The minimum atomic E-state index is -0.692. The minimum absolute atomic E-state index is 0.0342. The van der Waals surface area contributed by atoms with Gasteiger partial charge in [0, 0.05) is 18.0 Å². The molecule has 1 aliphatic heterocycles. The molecule has 1 amide bonds. The summed E-state index contributed by atoms with van der Waals surface area (Å²) < 4.78 is 0. The highest BCUT2D eigenvalue weighted by molar-refractivity contribution is 6.30. The third kappa shape index (κ3) is 6.13. The van der Waals surface area contributed by atoms with Crippen LogP contribution in [0, 0.1) is 5.92 Å². The summed E-state index contributed by atoms with van der Waals surface area (Å²) >= 11 is 5.83. The van der Waals surface area contributed by atoms with E-state index in [0.29, 0.717) is 17.4 Å². The molecule has 128 valence electrons. The number of hydrogen-bond donors (Lipinski definition) is 2. The number of halogens is 1. The summed E-state index contributed by atoms with van der Waals surface area (Å²) in [4.78, 5) is 14.5. The van der Waals surface area contributed by atoms with Gasteiger partial charge in [-0.05, 0) is 62.5 Å². The molecule has 2 N–H and O–H groups in total. The van der Waals surface area contributed by atoms with E-state index in [1.165, 1.54) is 6.42 Å². The second kappa shape index (κ2) is 9.26. The highest BCUT2D eigenvalue weighted by atomic mass is 35.5. The molecule has 23 heavy (non-hydrogen) atoms. The predicted molar refractivity (Wildman–Crippen MR) is 93.5 cm³/mol. The van der Waals surface area contributed by atoms with Gasteiger partial charge in [-0.25, -0.2) is 0 Å². The van der Waals surface area contributed by atoms with Crippen molar-refractivity contribution in [2.24, 2.45) is 5.92 Å². The van der Waals surface area contributed by atoms with E-state index >= 15 is 0 Å². The second-order valence-electron chi connectivity index (χ2n) is 6.36. The Morgan fingerprint density at radius 1 is 1.35 bits per heavy atom. The van der Waals surface area contributed by atoms with Crippen LogP contribution in [0.25, 0.3) is 0 Å². The van der Waals surface area contributed by atoms with Crippen molar-refractivity contribution in [1.29, 1.82) is 0 Å². The molecule has 1 aromatic rings. The van der Waals surface area contributed by atoms with Crippen molar-refractivity contribution in [2.75, 3.05) is 26.2 Å².